The summed E-state index contributed by atoms with van der Waals surface area (Å²) in [4.78, 5) is 12.4. The van der Waals surface area contributed by atoms with Crippen LogP contribution in [0.3, 0.4) is 0 Å². The Morgan fingerprint density at radius 1 is 1.07 bits per heavy atom. The van der Waals surface area contributed by atoms with Crippen LogP contribution in [-0.4, -0.2) is 51.0 Å². The van der Waals surface area contributed by atoms with Crippen molar-refractivity contribution in [2.45, 2.75) is 30.8 Å². The fourth-order valence-electron chi connectivity index (χ4n) is 3.04. The van der Waals surface area contributed by atoms with E-state index >= 15 is 0 Å². The van der Waals surface area contributed by atoms with Crippen molar-refractivity contribution in [1.29, 1.82) is 0 Å². The zero-order chi connectivity index (χ0) is 21.6. The van der Waals surface area contributed by atoms with E-state index in [-0.39, 0.29) is 17.4 Å². The highest BCUT2D eigenvalue weighted by molar-refractivity contribution is 7.89. The second kappa shape index (κ2) is 10.1. The summed E-state index contributed by atoms with van der Waals surface area (Å²) in [7, 11) is -3.43. The number of amides is 1. The normalized spacial score (nSPS) is 15.5. The molecule has 1 N–H and O–H groups in total. The van der Waals surface area contributed by atoms with Crippen LogP contribution < -0.4 is 14.8 Å². The molecule has 1 fully saturated rings. The minimum Gasteiger partial charge on any atom is -0.492 e. The molecule has 3 rings (SSSR count). The van der Waals surface area contributed by atoms with Crippen LogP contribution in [0.1, 0.15) is 19.8 Å². The van der Waals surface area contributed by atoms with E-state index in [1.54, 1.807) is 55.5 Å². The molecule has 162 valence electrons. The lowest BCUT2D eigenvalue weighted by atomic mass is 10.3. The standard InChI is InChI=1S/C21H25ClN2O5S/c1-16(29-19-6-4-17(22)5-7-19)21(25)23-12-15-28-18-8-10-20(11-9-18)30(26,27)24-13-2-3-14-24/h4-11,16H,2-3,12-15H2,1H3,(H,23,25)/t16-/m0/s1. The van der Waals surface area contributed by atoms with Crippen LogP contribution >= 0.6 is 11.6 Å². The average Bonchev–Trinajstić information content (AvgIpc) is 3.29. The molecule has 0 saturated carbocycles. The number of halogens is 1. The number of sulfonamides is 1. The molecule has 0 spiro atoms. The van der Waals surface area contributed by atoms with E-state index in [1.165, 1.54) is 4.31 Å². The Bertz CT molecular complexity index is 942. The SMILES string of the molecule is C[C@H](Oc1ccc(Cl)cc1)C(=O)NCCOc1ccc(S(=O)(=O)N2CCCC2)cc1. The Labute approximate surface area is 182 Å². The Kier molecular flexibility index (Phi) is 7.58. The van der Waals surface area contributed by atoms with Crippen molar-refractivity contribution in [2.24, 2.45) is 0 Å². The van der Waals surface area contributed by atoms with Gasteiger partial charge in [0.2, 0.25) is 10.0 Å². The highest BCUT2D eigenvalue weighted by Crippen LogP contribution is 2.23. The van der Waals surface area contributed by atoms with Crippen LogP contribution in [0.2, 0.25) is 5.02 Å². The molecule has 0 bridgehead atoms. The van der Waals surface area contributed by atoms with Crippen molar-refractivity contribution >= 4 is 27.5 Å². The molecule has 1 atom stereocenters. The number of hydrogen-bond acceptors (Lipinski definition) is 5. The molecule has 2 aromatic rings. The molecule has 1 aliphatic rings. The fourth-order valence-corrected chi connectivity index (χ4v) is 4.69. The Balaban J connectivity index is 1.41. The van der Waals surface area contributed by atoms with Crippen LogP contribution in [0.4, 0.5) is 0 Å². The van der Waals surface area contributed by atoms with E-state index in [1.807, 2.05) is 0 Å². The molecular weight excluding hydrogens is 428 g/mol. The van der Waals surface area contributed by atoms with Gasteiger partial charge in [0.1, 0.15) is 18.1 Å². The number of nitrogens with one attached hydrogen (secondary N) is 1. The summed E-state index contributed by atoms with van der Waals surface area (Å²) < 4.78 is 37.7. The van der Waals surface area contributed by atoms with Crippen LogP contribution in [0.25, 0.3) is 0 Å². The van der Waals surface area contributed by atoms with Crippen molar-refractivity contribution in [3.05, 3.63) is 53.6 Å². The van der Waals surface area contributed by atoms with Crippen LogP contribution in [-0.2, 0) is 14.8 Å². The van der Waals surface area contributed by atoms with Gasteiger partial charge in [0.15, 0.2) is 6.10 Å². The van der Waals surface area contributed by atoms with E-state index in [9.17, 15) is 13.2 Å². The molecule has 1 aliphatic heterocycles. The molecule has 1 heterocycles. The third-order valence-corrected chi connectivity index (χ3v) is 6.86. The zero-order valence-corrected chi connectivity index (χ0v) is 18.3. The summed E-state index contributed by atoms with van der Waals surface area (Å²) >= 11 is 5.83. The summed E-state index contributed by atoms with van der Waals surface area (Å²) in [5.41, 5.74) is 0. The lowest BCUT2D eigenvalue weighted by molar-refractivity contribution is -0.127. The minimum absolute atomic E-state index is 0.248. The first kappa shape index (κ1) is 22.4. The predicted molar refractivity (Wildman–Crippen MR) is 114 cm³/mol. The fraction of sp³-hybridized carbons (Fsp3) is 0.381. The molecule has 0 aromatic heterocycles. The van der Waals surface area contributed by atoms with Gasteiger partial charge < -0.3 is 14.8 Å². The number of carbonyl (C=O) groups excluding carboxylic acids is 1. The van der Waals surface area contributed by atoms with Gasteiger partial charge >= 0.3 is 0 Å². The van der Waals surface area contributed by atoms with Gasteiger partial charge in [0.05, 0.1) is 11.4 Å². The maximum atomic E-state index is 12.5. The second-order valence-electron chi connectivity index (χ2n) is 6.94. The summed E-state index contributed by atoms with van der Waals surface area (Å²) in [5, 5.41) is 3.34. The molecule has 7 nitrogen and oxygen atoms in total. The number of carbonyl (C=O) groups is 1. The average molecular weight is 453 g/mol. The van der Waals surface area contributed by atoms with Gasteiger partial charge in [-0.15, -0.1) is 0 Å². The smallest absolute Gasteiger partial charge is 0.260 e. The van der Waals surface area contributed by atoms with Crippen LogP contribution in [0.15, 0.2) is 53.4 Å². The van der Waals surface area contributed by atoms with E-state index in [0.29, 0.717) is 36.2 Å². The summed E-state index contributed by atoms with van der Waals surface area (Å²) in [6.45, 7) is 3.34. The minimum atomic E-state index is -3.43. The third-order valence-electron chi connectivity index (χ3n) is 4.69. The number of rotatable bonds is 9. The summed E-state index contributed by atoms with van der Waals surface area (Å²) in [6, 6.07) is 13.1. The second-order valence-corrected chi connectivity index (χ2v) is 9.31. The van der Waals surface area contributed by atoms with E-state index in [0.717, 1.165) is 12.8 Å². The Morgan fingerprint density at radius 3 is 2.30 bits per heavy atom. The van der Waals surface area contributed by atoms with Gasteiger partial charge in [-0.25, -0.2) is 8.42 Å². The lowest BCUT2D eigenvalue weighted by Crippen LogP contribution is -2.38. The number of nitrogens with zero attached hydrogens (tertiary/aromatic N) is 1. The molecule has 1 amide bonds. The molecule has 2 aromatic carbocycles. The quantitative estimate of drug-likeness (QED) is 0.591. The Hall–Kier alpha value is -2.29. The lowest BCUT2D eigenvalue weighted by Gasteiger charge is -2.16. The first-order chi connectivity index (χ1) is 14.4. The summed E-state index contributed by atoms with van der Waals surface area (Å²) in [6.07, 6.45) is 1.13. The predicted octanol–water partition coefficient (Wildman–Crippen LogP) is 3.09. The van der Waals surface area contributed by atoms with Crippen molar-refractivity contribution in [3.63, 3.8) is 0 Å². The van der Waals surface area contributed by atoms with Crippen molar-refractivity contribution in [3.8, 4) is 11.5 Å². The van der Waals surface area contributed by atoms with Crippen LogP contribution in [0.5, 0.6) is 11.5 Å². The number of benzene rings is 2. The van der Waals surface area contributed by atoms with Gasteiger partial charge in [0, 0.05) is 18.1 Å². The van der Waals surface area contributed by atoms with Gasteiger partial charge in [-0.05, 0) is 68.3 Å². The van der Waals surface area contributed by atoms with Crippen molar-refractivity contribution in [1.82, 2.24) is 9.62 Å². The topological polar surface area (TPSA) is 84.9 Å². The maximum absolute atomic E-state index is 12.5. The van der Waals surface area contributed by atoms with Crippen molar-refractivity contribution in [2.75, 3.05) is 26.2 Å². The first-order valence-electron chi connectivity index (χ1n) is 9.79. The van der Waals surface area contributed by atoms with E-state index in [2.05, 4.69) is 5.32 Å². The third kappa shape index (κ3) is 5.87. The molecule has 30 heavy (non-hydrogen) atoms. The molecule has 0 radical (unpaired) electrons. The zero-order valence-electron chi connectivity index (χ0n) is 16.7. The first-order valence-corrected chi connectivity index (χ1v) is 11.6. The monoisotopic (exact) mass is 452 g/mol. The maximum Gasteiger partial charge on any atom is 0.260 e. The van der Waals surface area contributed by atoms with Crippen molar-refractivity contribution < 1.29 is 22.7 Å². The van der Waals surface area contributed by atoms with Crippen LogP contribution in [0, 0.1) is 0 Å². The van der Waals surface area contributed by atoms with Gasteiger partial charge in [-0.2, -0.15) is 4.31 Å². The largest absolute Gasteiger partial charge is 0.492 e. The molecule has 1 saturated heterocycles. The summed E-state index contributed by atoms with van der Waals surface area (Å²) in [5.74, 6) is 0.831. The Morgan fingerprint density at radius 2 is 1.67 bits per heavy atom. The van der Waals surface area contributed by atoms with E-state index < -0.39 is 16.1 Å². The van der Waals surface area contributed by atoms with Gasteiger partial charge in [-0.1, -0.05) is 11.6 Å². The highest BCUT2D eigenvalue weighted by Gasteiger charge is 2.26. The molecule has 0 unspecified atom stereocenters. The van der Waals surface area contributed by atoms with Gasteiger partial charge in [0.25, 0.3) is 5.91 Å². The molecule has 9 heteroatoms. The number of hydrogen-bond donors (Lipinski definition) is 1. The molecular formula is C21H25ClN2O5S. The van der Waals surface area contributed by atoms with E-state index in [4.69, 9.17) is 21.1 Å². The number of ether oxygens (including phenoxy) is 2. The molecule has 0 aliphatic carbocycles. The van der Waals surface area contributed by atoms with Gasteiger partial charge in [-0.3, -0.25) is 4.79 Å². The highest BCUT2D eigenvalue weighted by atomic mass is 35.5.